The summed E-state index contributed by atoms with van der Waals surface area (Å²) in [6.07, 6.45) is 2.13. The normalized spacial score (nSPS) is 14.4. The fraction of sp³-hybridized carbons (Fsp3) is 0.240. The Bertz CT molecular complexity index is 1200. The van der Waals surface area contributed by atoms with Crippen LogP contribution in [0.15, 0.2) is 58.8 Å². The smallest absolute Gasteiger partial charge is 0.311 e. The van der Waals surface area contributed by atoms with Crippen molar-refractivity contribution in [3.8, 4) is 11.5 Å². The molecule has 0 bridgehead atoms. The summed E-state index contributed by atoms with van der Waals surface area (Å²) >= 11 is 5.69. The predicted molar refractivity (Wildman–Crippen MR) is 120 cm³/mol. The molecule has 0 saturated heterocycles. The molecule has 1 aliphatic rings. The number of benzene rings is 2. The number of hydrogen-bond donors (Lipinski definition) is 0. The Kier molecular flexibility index (Phi) is 5.89. The molecular weight excluding hydrogens is 430 g/mol. The third kappa shape index (κ3) is 4.92. The molecule has 2 aromatic carbocycles. The summed E-state index contributed by atoms with van der Waals surface area (Å²) in [5.41, 5.74) is 2.56. The molecule has 6 nitrogen and oxygen atoms in total. The van der Waals surface area contributed by atoms with Gasteiger partial charge < -0.3 is 14.0 Å². The highest BCUT2D eigenvalue weighted by Crippen LogP contribution is 2.35. The zero-order valence-corrected chi connectivity index (χ0v) is 18.7. The second kappa shape index (κ2) is 8.63. The lowest BCUT2D eigenvalue weighted by Crippen LogP contribution is -2.10. The first-order chi connectivity index (χ1) is 15.2. The summed E-state index contributed by atoms with van der Waals surface area (Å²) in [6, 6.07) is 14.3. The number of nitrogens with zero attached hydrogens (tertiary/aromatic N) is 1. The van der Waals surface area contributed by atoms with Gasteiger partial charge in [0.2, 0.25) is 5.78 Å². The van der Waals surface area contributed by atoms with Gasteiger partial charge in [0, 0.05) is 18.6 Å². The van der Waals surface area contributed by atoms with E-state index in [0.717, 1.165) is 5.56 Å². The second-order valence-corrected chi connectivity index (χ2v) is 8.95. The van der Waals surface area contributed by atoms with Crippen molar-refractivity contribution in [2.75, 3.05) is 0 Å². The number of allylic oxidation sites excluding steroid dienone is 1. The van der Waals surface area contributed by atoms with Crippen LogP contribution >= 0.6 is 11.6 Å². The van der Waals surface area contributed by atoms with Gasteiger partial charge in [-0.2, -0.15) is 0 Å². The van der Waals surface area contributed by atoms with E-state index in [4.69, 9.17) is 25.6 Å². The summed E-state index contributed by atoms with van der Waals surface area (Å²) in [5.74, 6) is 0.735. The van der Waals surface area contributed by atoms with E-state index < -0.39 is 5.97 Å². The van der Waals surface area contributed by atoms with Crippen molar-refractivity contribution in [3.05, 3.63) is 81.9 Å². The quantitative estimate of drug-likeness (QED) is 0.278. The average molecular weight is 452 g/mol. The molecule has 2 heterocycles. The number of hydrogen-bond acceptors (Lipinski definition) is 6. The lowest BCUT2D eigenvalue weighted by molar-refractivity contribution is -0.134. The first-order valence-corrected chi connectivity index (χ1v) is 10.6. The van der Waals surface area contributed by atoms with Gasteiger partial charge in [-0.25, -0.2) is 0 Å². The maximum absolute atomic E-state index is 12.7. The number of halogens is 1. The lowest BCUT2D eigenvalue weighted by Gasteiger charge is -2.18. The molecule has 0 aliphatic carbocycles. The van der Waals surface area contributed by atoms with Crippen LogP contribution < -0.4 is 9.47 Å². The number of carbonyl (C=O) groups excluding carboxylic acids is 2. The molecule has 0 spiro atoms. The Labute approximate surface area is 190 Å². The highest BCUT2D eigenvalue weighted by Gasteiger charge is 2.28. The molecule has 164 valence electrons. The van der Waals surface area contributed by atoms with Crippen LogP contribution in [0.3, 0.4) is 0 Å². The van der Waals surface area contributed by atoms with Crippen LogP contribution in [0.4, 0.5) is 0 Å². The summed E-state index contributed by atoms with van der Waals surface area (Å²) < 4.78 is 16.1. The van der Waals surface area contributed by atoms with Crippen molar-refractivity contribution in [1.82, 2.24) is 5.16 Å². The molecule has 0 N–H and O–H groups in total. The van der Waals surface area contributed by atoms with Gasteiger partial charge in [0.25, 0.3) is 0 Å². The van der Waals surface area contributed by atoms with Crippen molar-refractivity contribution in [3.63, 3.8) is 0 Å². The number of aryl methyl sites for hydroxylation is 1. The van der Waals surface area contributed by atoms with Crippen molar-refractivity contribution < 1.29 is 23.6 Å². The van der Waals surface area contributed by atoms with Crippen LogP contribution in [-0.4, -0.2) is 16.9 Å². The van der Waals surface area contributed by atoms with Gasteiger partial charge in [0.05, 0.1) is 12.0 Å². The summed E-state index contributed by atoms with van der Waals surface area (Å²) in [4.78, 5) is 24.8. The van der Waals surface area contributed by atoms with Gasteiger partial charge >= 0.3 is 5.97 Å². The van der Waals surface area contributed by atoms with E-state index in [1.54, 1.807) is 30.3 Å². The van der Waals surface area contributed by atoms with Crippen LogP contribution in [0.25, 0.3) is 6.08 Å². The highest BCUT2D eigenvalue weighted by atomic mass is 35.5. The zero-order chi connectivity index (χ0) is 22.9. The first-order valence-electron chi connectivity index (χ1n) is 10.2. The number of fused-ring (bicyclic) bond motifs is 1. The Balaban J connectivity index is 1.42. The van der Waals surface area contributed by atoms with Gasteiger partial charge in [0.15, 0.2) is 10.9 Å². The standard InChI is InChI=1S/C25H22ClNO5/c1-25(2,3)16-6-4-15(5-7-16)12-21-24(29)19-10-8-17(13-20(19)31-21)30-23(28)11-9-18-14-22(26)27-32-18/h4-8,10,12-14H,9,11H2,1-3H3/b21-12-. The fourth-order valence-electron chi connectivity index (χ4n) is 3.27. The summed E-state index contributed by atoms with van der Waals surface area (Å²) in [5, 5.41) is 3.80. The number of esters is 1. The van der Waals surface area contributed by atoms with Gasteiger partial charge in [-0.05, 0) is 34.8 Å². The van der Waals surface area contributed by atoms with Crippen LogP contribution in [0, 0.1) is 0 Å². The van der Waals surface area contributed by atoms with E-state index in [-0.39, 0.29) is 28.5 Å². The molecule has 1 aromatic heterocycles. The third-order valence-electron chi connectivity index (χ3n) is 5.05. The minimum atomic E-state index is -0.448. The molecule has 0 amide bonds. The van der Waals surface area contributed by atoms with Gasteiger partial charge in [0.1, 0.15) is 17.3 Å². The Hall–Kier alpha value is -3.38. The van der Waals surface area contributed by atoms with E-state index in [1.807, 2.05) is 24.3 Å². The predicted octanol–water partition coefficient (Wildman–Crippen LogP) is 5.78. The van der Waals surface area contributed by atoms with Crippen LogP contribution in [0.1, 0.15) is 54.4 Å². The molecule has 32 heavy (non-hydrogen) atoms. The number of ether oxygens (including phenoxy) is 2. The van der Waals surface area contributed by atoms with Crippen molar-refractivity contribution in [2.45, 2.75) is 39.0 Å². The molecule has 0 unspecified atom stereocenters. The SMILES string of the molecule is CC(C)(C)c1ccc(/C=C2\Oc3cc(OC(=O)CCc4cc(Cl)no4)ccc3C2=O)cc1. The molecule has 4 rings (SSSR count). The fourth-order valence-corrected chi connectivity index (χ4v) is 3.43. The topological polar surface area (TPSA) is 78.6 Å². The van der Waals surface area contributed by atoms with Crippen LogP contribution in [-0.2, 0) is 16.6 Å². The largest absolute Gasteiger partial charge is 0.452 e. The van der Waals surface area contributed by atoms with E-state index in [0.29, 0.717) is 29.2 Å². The molecule has 0 fully saturated rings. The van der Waals surface area contributed by atoms with E-state index in [2.05, 4.69) is 25.9 Å². The van der Waals surface area contributed by atoms with Gasteiger partial charge in [-0.15, -0.1) is 0 Å². The Morgan fingerprint density at radius 1 is 1.12 bits per heavy atom. The molecule has 3 aromatic rings. The molecular formula is C25H22ClNO5. The lowest BCUT2D eigenvalue weighted by atomic mass is 9.86. The molecule has 1 aliphatic heterocycles. The number of ketones is 1. The van der Waals surface area contributed by atoms with Crippen molar-refractivity contribution in [2.24, 2.45) is 0 Å². The van der Waals surface area contributed by atoms with Crippen molar-refractivity contribution >= 4 is 29.4 Å². The molecule has 7 heteroatoms. The second-order valence-electron chi connectivity index (χ2n) is 8.56. The van der Waals surface area contributed by atoms with Gasteiger partial charge in [-0.1, -0.05) is 61.8 Å². The summed E-state index contributed by atoms with van der Waals surface area (Å²) in [7, 11) is 0. The molecule has 0 saturated carbocycles. The number of Topliss-reactive ketones (excluding diaryl/α,β-unsaturated/α-hetero) is 1. The summed E-state index contributed by atoms with van der Waals surface area (Å²) in [6.45, 7) is 6.44. The minimum Gasteiger partial charge on any atom is -0.452 e. The molecule has 0 radical (unpaired) electrons. The Morgan fingerprint density at radius 3 is 2.53 bits per heavy atom. The monoisotopic (exact) mass is 451 g/mol. The average Bonchev–Trinajstić information content (AvgIpc) is 3.29. The van der Waals surface area contributed by atoms with Crippen LogP contribution in [0.2, 0.25) is 5.15 Å². The minimum absolute atomic E-state index is 0.0529. The van der Waals surface area contributed by atoms with Gasteiger partial charge in [-0.3, -0.25) is 9.59 Å². The Morgan fingerprint density at radius 2 is 1.88 bits per heavy atom. The highest BCUT2D eigenvalue weighted by molar-refractivity contribution is 6.29. The maximum atomic E-state index is 12.7. The van der Waals surface area contributed by atoms with Crippen molar-refractivity contribution in [1.29, 1.82) is 0 Å². The first kappa shape index (κ1) is 21.8. The number of rotatable bonds is 5. The molecule has 0 atom stereocenters. The number of aromatic nitrogens is 1. The number of carbonyl (C=O) groups is 2. The zero-order valence-electron chi connectivity index (χ0n) is 18.0. The van der Waals surface area contributed by atoms with E-state index in [1.165, 1.54) is 5.56 Å². The van der Waals surface area contributed by atoms with Crippen LogP contribution in [0.5, 0.6) is 11.5 Å². The van der Waals surface area contributed by atoms with E-state index >= 15 is 0 Å². The maximum Gasteiger partial charge on any atom is 0.311 e. The third-order valence-corrected chi connectivity index (χ3v) is 5.23. The van der Waals surface area contributed by atoms with E-state index in [9.17, 15) is 9.59 Å².